The third kappa shape index (κ3) is 4.59. The van der Waals surface area contributed by atoms with Gasteiger partial charge in [-0.2, -0.15) is 4.31 Å². The number of benzene rings is 2. The molecule has 1 amide bonds. The van der Waals surface area contributed by atoms with Gasteiger partial charge in [0.2, 0.25) is 15.9 Å². The Bertz CT molecular complexity index is 1300. The minimum Gasteiger partial charge on any atom is -0.376 e. The molecule has 0 aliphatic carbocycles. The molecule has 0 bridgehead atoms. The van der Waals surface area contributed by atoms with Crippen LogP contribution in [0.25, 0.3) is 10.2 Å². The zero-order chi connectivity index (χ0) is 23.9. The SMILES string of the molecule is Cc1ccc2nc(N(CC3CCCO3)C(=O)C3CCCN3S(=O)(=O)c3ccc(Cl)cc3)sc2c1. The fraction of sp³-hybridized carbons (Fsp3) is 0.417. The molecule has 2 atom stereocenters. The van der Waals surface area contributed by atoms with Gasteiger partial charge in [-0.1, -0.05) is 29.0 Å². The van der Waals surface area contributed by atoms with E-state index in [0.29, 0.717) is 42.7 Å². The van der Waals surface area contributed by atoms with Gasteiger partial charge in [0.25, 0.3) is 0 Å². The lowest BCUT2D eigenvalue weighted by Crippen LogP contribution is -2.49. The predicted octanol–water partition coefficient (Wildman–Crippen LogP) is 4.62. The van der Waals surface area contributed by atoms with Crippen LogP contribution >= 0.6 is 22.9 Å². The van der Waals surface area contributed by atoms with Gasteiger partial charge in [0.05, 0.1) is 27.8 Å². The smallest absolute Gasteiger partial charge is 0.247 e. The van der Waals surface area contributed by atoms with Crippen LogP contribution in [0.1, 0.15) is 31.2 Å². The molecule has 3 heterocycles. The first-order valence-corrected chi connectivity index (χ1v) is 14.0. The average Bonchev–Trinajstić information content (AvgIpc) is 3.57. The Hall–Kier alpha value is -2.04. The Balaban J connectivity index is 1.48. The minimum absolute atomic E-state index is 0.0829. The Kier molecular flexibility index (Phi) is 6.65. The van der Waals surface area contributed by atoms with Crippen LogP contribution in [0.5, 0.6) is 0 Å². The summed E-state index contributed by atoms with van der Waals surface area (Å²) in [6.45, 7) is 3.36. The lowest BCUT2D eigenvalue weighted by atomic mass is 10.2. The Labute approximate surface area is 208 Å². The fourth-order valence-corrected chi connectivity index (χ4v) is 7.44. The molecule has 2 fully saturated rings. The molecule has 2 aromatic carbocycles. The van der Waals surface area contributed by atoms with Crippen LogP contribution in [0.4, 0.5) is 5.13 Å². The minimum atomic E-state index is -3.84. The predicted molar refractivity (Wildman–Crippen MR) is 134 cm³/mol. The van der Waals surface area contributed by atoms with E-state index in [1.165, 1.54) is 27.8 Å². The van der Waals surface area contributed by atoms with Crippen LogP contribution in [-0.2, 0) is 19.6 Å². The average molecular weight is 520 g/mol. The number of carbonyl (C=O) groups excluding carboxylic acids is 1. The van der Waals surface area contributed by atoms with Crippen molar-refractivity contribution in [1.29, 1.82) is 0 Å². The summed E-state index contributed by atoms with van der Waals surface area (Å²) in [6, 6.07) is 11.3. The molecule has 2 aliphatic rings. The molecule has 0 radical (unpaired) electrons. The van der Waals surface area contributed by atoms with Crippen molar-refractivity contribution >= 4 is 54.2 Å². The topological polar surface area (TPSA) is 79.8 Å². The summed E-state index contributed by atoms with van der Waals surface area (Å²) >= 11 is 7.40. The van der Waals surface area contributed by atoms with Gasteiger partial charge in [-0.05, 0) is 74.6 Å². The van der Waals surface area contributed by atoms with E-state index in [1.807, 2.05) is 19.1 Å². The highest BCUT2D eigenvalue weighted by molar-refractivity contribution is 7.89. The number of nitrogens with zero attached hydrogens (tertiary/aromatic N) is 3. The molecule has 2 unspecified atom stereocenters. The molecule has 10 heteroatoms. The number of ether oxygens (including phenoxy) is 1. The first-order valence-electron chi connectivity index (χ1n) is 11.4. The van der Waals surface area contributed by atoms with E-state index in [0.717, 1.165) is 28.6 Å². The summed E-state index contributed by atoms with van der Waals surface area (Å²) < 4.78 is 35.0. The van der Waals surface area contributed by atoms with Gasteiger partial charge in [-0.15, -0.1) is 0 Å². The second-order valence-corrected chi connectivity index (χ2v) is 12.1. The number of halogens is 1. The summed E-state index contributed by atoms with van der Waals surface area (Å²) in [4.78, 5) is 20.4. The zero-order valence-electron chi connectivity index (χ0n) is 18.8. The number of fused-ring (bicyclic) bond motifs is 1. The van der Waals surface area contributed by atoms with Gasteiger partial charge in [-0.25, -0.2) is 13.4 Å². The number of hydrogen-bond acceptors (Lipinski definition) is 6. The first-order chi connectivity index (χ1) is 16.3. The monoisotopic (exact) mass is 519 g/mol. The van der Waals surface area contributed by atoms with Crippen molar-refractivity contribution in [1.82, 2.24) is 9.29 Å². The normalized spacial score (nSPS) is 21.4. The maximum absolute atomic E-state index is 13.9. The fourth-order valence-electron chi connectivity index (χ4n) is 4.59. The lowest BCUT2D eigenvalue weighted by Gasteiger charge is -2.29. The van der Waals surface area contributed by atoms with Crippen LogP contribution in [0, 0.1) is 6.92 Å². The molecule has 0 saturated carbocycles. The summed E-state index contributed by atoms with van der Waals surface area (Å²) in [7, 11) is -3.84. The number of thiazole rings is 1. The van der Waals surface area contributed by atoms with Crippen molar-refractivity contribution in [3.63, 3.8) is 0 Å². The lowest BCUT2D eigenvalue weighted by molar-refractivity contribution is -0.122. The molecule has 2 saturated heterocycles. The van der Waals surface area contributed by atoms with Gasteiger partial charge < -0.3 is 4.74 Å². The number of aromatic nitrogens is 1. The van der Waals surface area contributed by atoms with E-state index in [-0.39, 0.29) is 16.9 Å². The van der Waals surface area contributed by atoms with Crippen LogP contribution in [-0.4, -0.2) is 55.5 Å². The molecule has 5 rings (SSSR count). The number of hydrogen-bond donors (Lipinski definition) is 0. The van der Waals surface area contributed by atoms with Gasteiger partial charge in [0.15, 0.2) is 5.13 Å². The molecule has 0 N–H and O–H groups in total. The van der Waals surface area contributed by atoms with Crippen molar-refractivity contribution in [2.24, 2.45) is 0 Å². The van der Waals surface area contributed by atoms with Crippen LogP contribution in [0.15, 0.2) is 47.4 Å². The number of sulfonamides is 1. The van der Waals surface area contributed by atoms with Crippen molar-refractivity contribution in [2.45, 2.75) is 49.6 Å². The van der Waals surface area contributed by atoms with E-state index in [9.17, 15) is 13.2 Å². The number of carbonyl (C=O) groups is 1. The summed E-state index contributed by atoms with van der Waals surface area (Å²) in [5.74, 6) is -0.249. The molecule has 0 spiro atoms. The maximum atomic E-state index is 13.9. The highest BCUT2D eigenvalue weighted by Crippen LogP contribution is 2.34. The van der Waals surface area contributed by atoms with Crippen LogP contribution in [0.3, 0.4) is 0 Å². The summed E-state index contributed by atoms with van der Waals surface area (Å²) in [5, 5.41) is 1.04. The maximum Gasteiger partial charge on any atom is 0.247 e. The van der Waals surface area contributed by atoms with Crippen molar-refractivity contribution in [3.8, 4) is 0 Å². The molecular weight excluding hydrogens is 494 g/mol. The number of anilines is 1. The standard InChI is InChI=1S/C24H26ClN3O4S2/c1-16-6-11-20-22(14-16)33-24(26-20)27(15-18-4-3-13-32-18)23(29)21-5-2-12-28(21)34(30,31)19-9-7-17(25)8-10-19/h6-11,14,18,21H,2-5,12-13,15H2,1H3. The highest BCUT2D eigenvalue weighted by Gasteiger charge is 2.42. The van der Waals surface area contributed by atoms with E-state index >= 15 is 0 Å². The third-order valence-corrected chi connectivity index (χ3v) is 9.56. The summed E-state index contributed by atoms with van der Waals surface area (Å²) in [5.41, 5.74) is 1.95. The number of amides is 1. The Morgan fingerprint density at radius 1 is 1.21 bits per heavy atom. The zero-order valence-corrected chi connectivity index (χ0v) is 21.2. The molecule has 7 nitrogen and oxygen atoms in total. The first kappa shape index (κ1) is 23.7. The number of aryl methyl sites for hydroxylation is 1. The Morgan fingerprint density at radius 2 is 2.00 bits per heavy atom. The third-order valence-electron chi connectivity index (χ3n) is 6.35. The van der Waals surface area contributed by atoms with E-state index in [4.69, 9.17) is 21.3 Å². The molecular formula is C24H26ClN3O4S2. The second kappa shape index (κ2) is 9.54. The van der Waals surface area contributed by atoms with E-state index < -0.39 is 16.1 Å². The van der Waals surface area contributed by atoms with Gasteiger partial charge in [-0.3, -0.25) is 9.69 Å². The largest absolute Gasteiger partial charge is 0.376 e. The van der Waals surface area contributed by atoms with E-state index in [2.05, 4.69) is 6.07 Å². The second-order valence-electron chi connectivity index (χ2n) is 8.78. The molecule has 180 valence electrons. The van der Waals surface area contributed by atoms with Crippen molar-refractivity contribution in [2.75, 3.05) is 24.6 Å². The van der Waals surface area contributed by atoms with Crippen LogP contribution < -0.4 is 4.90 Å². The van der Waals surface area contributed by atoms with Gasteiger partial charge in [0.1, 0.15) is 6.04 Å². The number of rotatable bonds is 6. The summed E-state index contributed by atoms with van der Waals surface area (Å²) in [6.07, 6.45) is 2.82. The van der Waals surface area contributed by atoms with Crippen molar-refractivity contribution in [3.05, 3.63) is 53.1 Å². The molecule has 1 aromatic heterocycles. The molecule has 3 aromatic rings. The molecule has 34 heavy (non-hydrogen) atoms. The Morgan fingerprint density at radius 3 is 2.74 bits per heavy atom. The van der Waals surface area contributed by atoms with Gasteiger partial charge >= 0.3 is 0 Å². The molecule has 2 aliphatic heterocycles. The quantitative estimate of drug-likeness (QED) is 0.474. The highest BCUT2D eigenvalue weighted by atomic mass is 35.5. The van der Waals surface area contributed by atoms with Crippen molar-refractivity contribution < 1.29 is 17.9 Å². The van der Waals surface area contributed by atoms with Crippen LogP contribution in [0.2, 0.25) is 5.02 Å². The van der Waals surface area contributed by atoms with E-state index in [1.54, 1.807) is 17.0 Å². The van der Waals surface area contributed by atoms with Gasteiger partial charge in [0, 0.05) is 18.2 Å².